The summed E-state index contributed by atoms with van der Waals surface area (Å²) in [4.78, 5) is 11.7. The lowest BCUT2D eigenvalue weighted by Crippen LogP contribution is -2.15. The van der Waals surface area contributed by atoms with Crippen molar-refractivity contribution in [2.24, 2.45) is 0 Å². The van der Waals surface area contributed by atoms with E-state index in [4.69, 9.17) is 4.74 Å². The maximum absolute atomic E-state index is 11.7. The Balaban J connectivity index is 1.75. The maximum Gasteiger partial charge on any atom is 0.227 e. The zero-order valence-corrected chi connectivity index (χ0v) is 10.9. The lowest BCUT2D eigenvalue weighted by molar-refractivity contribution is -0.116. The van der Waals surface area contributed by atoms with E-state index < -0.39 is 0 Å². The Morgan fingerprint density at radius 1 is 1.11 bits per heavy atom. The van der Waals surface area contributed by atoms with Crippen molar-refractivity contribution in [3.8, 4) is 5.75 Å². The Hall–Kier alpha value is -2.29. The molecule has 0 spiro atoms. The average Bonchev–Trinajstić information content (AvgIpc) is 2.40. The monoisotopic (exact) mass is 255 g/mol. The van der Waals surface area contributed by atoms with Gasteiger partial charge in [-0.25, -0.2) is 0 Å². The van der Waals surface area contributed by atoms with Crippen LogP contribution in [-0.4, -0.2) is 12.5 Å². The molecule has 0 atom stereocenters. The Labute approximate surface area is 113 Å². The van der Waals surface area contributed by atoms with E-state index >= 15 is 0 Å². The highest BCUT2D eigenvalue weighted by Gasteiger charge is 2.02. The van der Waals surface area contributed by atoms with Gasteiger partial charge in [-0.15, -0.1) is 0 Å². The fraction of sp³-hybridized carbons (Fsp3) is 0.188. The van der Waals surface area contributed by atoms with Crippen LogP contribution in [0.5, 0.6) is 5.75 Å². The van der Waals surface area contributed by atoms with Gasteiger partial charge in [-0.2, -0.15) is 0 Å². The van der Waals surface area contributed by atoms with Crippen molar-refractivity contribution < 1.29 is 9.53 Å². The fourth-order valence-corrected chi connectivity index (χ4v) is 1.71. The summed E-state index contributed by atoms with van der Waals surface area (Å²) >= 11 is 0. The molecule has 0 bridgehead atoms. The third-order valence-electron chi connectivity index (χ3n) is 2.64. The second kappa shape index (κ2) is 6.59. The van der Waals surface area contributed by atoms with Gasteiger partial charge in [0.05, 0.1) is 13.0 Å². The molecule has 2 aromatic rings. The number of carbonyl (C=O) groups is 1. The number of carbonyl (C=O) groups excluding carboxylic acids is 1. The maximum atomic E-state index is 11.7. The van der Waals surface area contributed by atoms with Crippen molar-refractivity contribution in [2.45, 2.75) is 13.3 Å². The van der Waals surface area contributed by atoms with E-state index in [2.05, 4.69) is 5.32 Å². The molecule has 0 aliphatic carbocycles. The van der Waals surface area contributed by atoms with Crippen molar-refractivity contribution in [1.82, 2.24) is 0 Å². The number of para-hydroxylation sites is 1. The van der Waals surface area contributed by atoms with E-state index in [1.54, 1.807) is 0 Å². The molecular formula is C16H17NO2. The van der Waals surface area contributed by atoms with Crippen LogP contribution in [0.4, 0.5) is 5.69 Å². The molecule has 0 unspecified atom stereocenters. The van der Waals surface area contributed by atoms with Gasteiger partial charge in [0.25, 0.3) is 0 Å². The summed E-state index contributed by atoms with van der Waals surface area (Å²) in [5.41, 5.74) is 1.95. The quantitative estimate of drug-likeness (QED) is 0.889. The average molecular weight is 255 g/mol. The van der Waals surface area contributed by atoms with Gasteiger partial charge in [0.1, 0.15) is 5.75 Å². The number of benzene rings is 2. The summed E-state index contributed by atoms with van der Waals surface area (Å²) in [7, 11) is 0. The first-order valence-electron chi connectivity index (χ1n) is 6.28. The molecule has 1 amide bonds. The summed E-state index contributed by atoms with van der Waals surface area (Å²) in [5.74, 6) is 0.756. The molecule has 0 aliphatic heterocycles. The van der Waals surface area contributed by atoms with Crippen LogP contribution in [0.1, 0.15) is 12.0 Å². The highest BCUT2D eigenvalue weighted by Crippen LogP contribution is 2.12. The smallest absolute Gasteiger partial charge is 0.227 e. The van der Waals surface area contributed by atoms with E-state index in [9.17, 15) is 4.79 Å². The van der Waals surface area contributed by atoms with Gasteiger partial charge in [-0.1, -0.05) is 30.3 Å². The van der Waals surface area contributed by atoms with Crippen LogP contribution >= 0.6 is 0 Å². The van der Waals surface area contributed by atoms with Crippen LogP contribution in [0.2, 0.25) is 0 Å². The fourth-order valence-electron chi connectivity index (χ4n) is 1.71. The van der Waals surface area contributed by atoms with Gasteiger partial charge < -0.3 is 10.1 Å². The van der Waals surface area contributed by atoms with Gasteiger partial charge in [-0.05, 0) is 36.8 Å². The van der Waals surface area contributed by atoms with E-state index in [-0.39, 0.29) is 5.91 Å². The molecule has 0 aliphatic rings. The van der Waals surface area contributed by atoms with Gasteiger partial charge in [0.15, 0.2) is 0 Å². The summed E-state index contributed by atoms with van der Waals surface area (Å²) in [6.45, 7) is 2.39. The van der Waals surface area contributed by atoms with Crippen molar-refractivity contribution in [3.63, 3.8) is 0 Å². The van der Waals surface area contributed by atoms with E-state index in [1.807, 2.05) is 61.5 Å². The van der Waals surface area contributed by atoms with Gasteiger partial charge in [0, 0.05) is 5.69 Å². The van der Waals surface area contributed by atoms with Crippen molar-refractivity contribution >= 4 is 11.6 Å². The lowest BCUT2D eigenvalue weighted by atomic mass is 10.2. The van der Waals surface area contributed by atoms with Crippen LogP contribution in [-0.2, 0) is 4.79 Å². The van der Waals surface area contributed by atoms with Crippen molar-refractivity contribution in [2.75, 3.05) is 11.9 Å². The Morgan fingerprint density at radius 2 is 1.89 bits per heavy atom. The summed E-state index contributed by atoms with van der Waals surface area (Å²) < 4.78 is 5.53. The number of amides is 1. The predicted octanol–water partition coefficient (Wildman–Crippen LogP) is 3.40. The van der Waals surface area contributed by atoms with Crippen molar-refractivity contribution in [3.05, 3.63) is 60.2 Å². The van der Waals surface area contributed by atoms with Crippen LogP contribution in [0.15, 0.2) is 54.6 Å². The second-order valence-electron chi connectivity index (χ2n) is 4.33. The second-order valence-corrected chi connectivity index (χ2v) is 4.33. The van der Waals surface area contributed by atoms with Gasteiger partial charge in [-0.3, -0.25) is 4.79 Å². The first-order chi connectivity index (χ1) is 9.24. The van der Waals surface area contributed by atoms with Crippen LogP contribution in [0, 0.1) is 6.92 Å². The zero-order chi connectivity index (χ0) is 13.5. The molecule has 19 heavy (non-hydrogen) atoms. The zero-order valence-electron chi connectivity index (χ0n) is 10.9. The predicted molar refractivity (Wildman–Crippen MR) is 76.4 cm³/mol. The number of hydrogen-bond acceptors (Lipinski definition) is 2. The standard InChI is InChI=1S/C16H17NO2/c1-13-6-5-9-15(12-13)19-11-10-16(18)17-14-7-3-2-4-8-14/h2-9,12H,10-11H2,1H3,(H,17,18). The molecular weight excluding hydrogens is 238 g/mol. The summed E-state index contributed by atoms with van der Waals surface area (Å²) in [6.07, 6.45) is 0.336. The van der Waals surface area contributed by atoms with Crippen LogP contribution < -0.4 is 10.1 Å². The molecule has 0 radical (unpaired) electrons. The number of anilines is 1. The number of aryl methyl sites for hydroxylation is 1. The number of ether oxygens (including phenoxy) is 1. The van der Waals surface area contributed by atoms with Gasteiger partial charge >= 0.3 is 0 Å². The van der Waals surface area contributed by atoms with Crippen LogP contribution in [0.3, 0.4) is 0 Å². The third-order valence-corrected chi connectivity index (χ3v) is 2.64. The Bertz CT molecular complexity index is 537. The molecule has 2 rings (SSSR count). The number of hydrogen-bond donors (Lipinski definition) is 1. The number of nitrogens with one attached hydrogen (secondary N) is 1. The summed E-state index contributed by atoms with van der Waals surface area (Å²) in [6, 6.07) is 17.2. The topological polar surface area (TPSA) is 38.3 Å². The summed E-state index contributed by atoms with van der Waals surface area (Å²) in [5, 5.41) is 2.82. The highest BCUT2D eigenvalue weighted by molar-refractivity contribution is 5.90. The minimum absolute atomic E-state index is 0.0427. The minimum atomic E-state index is -0.0427. The van der Waals surface area contributed by atoms with E-state index in [1.165, 1.54) is 0 Å². The molecule has 3 heteroatoms. The first kappa shape index (κ1) is 13.1. The molecule has 0 fully saturated rings. The minimum Gasteiger partial charge on any atom is -0.493 e. The molecule has 3 nitrogen and oxygen atoms in total. The Kier molecular flexibility index (Phi) is 4.56. The lowest BCUT2D eigenvalue weighted by Gasteiger charge is -2.07. The normalized spacial score (nSPS) is 9.95. The Morgan fingerprint density at radius 3 is 2.63 bits per heavy atom. The van der Waals surface area contributed by atoms with Crippen LogP contribution in [0.25, 0.3) is 0 Å². The molecule has 0 aromatic heterocycles. The largest absolute Gasteiger partial charge is 0.493 e. The molecule has 98 valence electrons. The van der Waals surface area contributed by atoms with E-state index in [0.717, 1.165) is 17.0 Å². The molecule has 0 saturated carbocycles. The first-order valence-corrected chi connectivity index (χ1v) is 6.28. The van der Waals surface area contributed by atoms with E-state index in [0.29, 0.717) is 13.0 Å². The molecule has 1 N–H and O–H groups in total. The molecule has 0 heterocycles. The molecule has 2 aromatic carbocycles. The highest BCUT2D eigenvalue weighted by atomic mass is 16.5. The van der Waals surface area contributed by atoms with Gasteiger partial charge in [0.2, 0.25) is 5.91 Å². The molecule has 0 saturated heterocycles. The third kappa shape index (κ3) is 4.47. The number of rotatable bonds is 5. The van der Waals surface area contributed by atoms with Crippen molar-refractivity contribution in [1.29, 1.82) is 0 Å². The SMILES string of the molecule is Cc1cccc(OCCC(=O)Nc2ccccc2)c1.